The molecule has 0 aromatic heterocycles. The topological polar surface area (TPSA) is 38.3 Å². The SMILES string of the molecule is COC(=O)c1ccccc1CNc1ccc(F)cc1C. The highest BCUT2D eigenvalue weighted by atomic mass is 19.1. The second kappa shape index (κ2) is 6.19. The number of benzene rings is 2. The Morgan fingerprint density at radius 1 is 1.25 bits per heavy atom. The highest BCUT2D eigenvalue weighted by Crippen LogP contribution is 2.18. The maximum Gasteiger partial charge on any atom is 0.338 e. The van der Waals surface area contributed by atoms with Gasteiger partial charge in [-0.05, 0) is 42.3 Å². The van der Waals surface area contributed by atoms with Crippen molar-refractivity contribution in [3.05, 3.63) is 65.0 Å². The number of halogens is 1. The molecule has 1 N–H and O–H groups in total. The second-order valence-electron chi connectivity index (χ2n) is 4.46. The first-order chi connectivity index (χ1) is 9.61. The van der Waals surface area contributed by atoms with Crippen LogP contribution in [-0.4, -0.2) is 13.1 Å². The normalized spacial score (nSPS) is 10.2. The van der Waals surface area contributed by atoms with Crippen LogP contribution in [0.15, 0.2) is 42.5 Å². The van der Waals surface area contributed by atoms with Crippen molar-refractivity contribution in [1.29, 1.82) is 0 Å². The smallest absolute Gasteiger partial charge is 0.338 e. The average molecular weight is 273 g/mol. The molecular formula is C16H16FNO2. The van der Waals surface area contributed by atoms with Crippen LogP contribution in [0.2, 0.25) is 0 Å². The minimum absolute atomic E-state index is 0.261. The highest BCUT2D eigenvalue weighted by Gasteiger charge is 2.10. The molecule has 0 bridgehead atoms. The predicted octanol–water partition coefficient (Wildman–Crippen LogP) is 3.53. The molecule has 0 aliphatic carbocycles. The number of carbonyl (C=O) groups is 1. The van der Waals surface area contributed by atoms with E-state index < -0.39 is 0 Å². The van der Waals surface area contributed by atoms with E-state index in [1.165, 1.54) is 19.2 Å². The van der Waals surface area contributed by atoms with Crippen molar-refractivity contribution in [2.24, 2.45) is 0 Å². The van der Waals surface area contributed by atoms with Gasteiger partial charge in [0.1, 0.15) is 5.82 Å². The number of methoxy groups -OCH3 is 1. The fraction of sp³-hybridized carbons (Fsp3) is 0.188. The lowest BCUT2D eigenvalue weighted by atomic mass is 10.1. The molecule has 2 aromatic rings. The van der Waals surface area contributed by atoms with E-state index in [2.05, 4.69) is 5.32 Å². The zero-order valence-electron chi connectivity index (χ0n) is 11.4. The summed E-state index contributed by atoms with van der Waals surface area (Å²) in [6.07, 6.45) is 0. The summed E-state index contributed by atoms with van der Waals surface area (Å²) in [6, 6.07) is 11.8. The van der Waals surface area contributed by atoms with E-state index in [-0.39, 0.29) is 11.8 Å². The van der Waals surface area contributed by atoms with Crippen molar-refractivity contribution in [2.45, 2.75) is 13.5 Å². The molecule has 3 nitrogen and oxygen atoms in total. The van der Waals surface area contributed by atoms with E-state index in [9.17, 15) is 9.18 Å². The van der Waals surface area contributed by atoms with Crippen molar-refractivity contribution in [3.8, 4) is 0 Å². The van der Waals surface area contributed by atoms with Crippen LogP contribution >= 0.6 is 0 Å². The number of hydrogen-bond acceptors (Lipinski definition) is 3. The molecule has 104 valence electrons. The number of rotatable bonds is 4. The number of aryl methyl sites for hydroxylation is 1. The fourth-order valence-corrected chi connectivity index (χ4v) is 2.00. The van der Waals surface area contributed by atoms with Crippen LogP contribution in [0.5, 0.6) is 0 Å². The van der Waals surface area contributed by atoms with Crippen molar-refractivity contribution in [1.82, 2.24) is 0 Å². The van der Waals surface area contributed by atoms with Gasteiger partial charge in [0.25, 0.3) is 0 Å². The summed E-state index contributed by atoms with van der Waals surface area (Å²) in [5, 5.41) is 3.20. The molecule has 0 amide bonds. The molecule has 0 radical (unpaired) electrons. The lowest BCUT2D eigenvalue weighted by Crippen LogP contribution is -2.09. The number of anilines is 1. The zero-order chi connectivity index (χ0) is 14.5. The molecule has 4 heteroatoms. The third-order valence-electron chi connectivity index (χ3n) is 3.08. The van der Waals surface area contributed by atoms with Gasteiger partial charge in [0, 0.05) is 12.2 Å². The van der Waals surface area contributed by atoms with E-state index in [0.29, 0.717) is 12.1 Å². The number of esters is 1. The Labute approximate surface area is 117 Å². The van der Waals surface area contributed by atoms with Gasteiger partial charge in [-0.1, -0.05) is 18.2 Å². The Morgan fingerprint density at radius 3 is 2.70 bits per heavy atom. The second-order valence-corrected chi connectivity index (χ2v) is 4.46. The standard InChI is InChI=1S/C16H16FNO2/c1-11-9-13(17)7-8-15(11)18-10-12-5-3-4-6-14(12)16(19)20-2/h3-9,18H,10H2,1-2H3. The van der Waals surface area contributed by atoms with Gasteiger partial charge in [0.2, 0.25) is 0 Å². The summed E-state index contributed by atoms with van der Waals surface area (Å²) < 4.78 is 17.8. The quantitative estimate of drug-likeness (QED) is 0.866. The van der Waals surface area contributed by atoms with Gasteiger partial charge in [-0.3, -0.25) is 0 Å². The molecule has 0 heterocycles. The molecule has 0 unspecified atom stereocenters. The summed E-state index contributed by atoms with van der Waals surface area (Å²) in [4.78, 5) is 11.7. The first kappa shape index (κ1) is 14.1. The Morgan fingerprint density at radius 2 is 2.00 bits per heavy atom. The Kier molecular flexibility index (Phi) is 4.35. The molecule has 0 saturated heterocycles. The molecule has 0 aliphatic heterocycles. The molecule has 0 fully saturated rings. The van der Waals surface area contributed by atoms with Crippen molar-refractivity contribution in [2.75, 3.05) is 12.4 Å². The van der Waals surface area contributed by atoms with Crippen molar-refractivity contribution < 1.29 is 13.9 Å². The predicted molar refractivity (Wildman–Crippen MR) is 76.2 cm³/mol. The van der Waals surface area contributed by atoms with Crippen molar-refractivity contribution >= 4 is 11.7 Å². The molecule has 0 spiro atoms. The van der Waals surface area contributed by atoms with Crippen LogP contribution in [0.25, 0.3) is 0 Å². The van der Waals surface area contributed by atoms with Gasteiger partial charge >= 0.3 is 5.97 Å². The summed E-state index contributed by atoms with van der Waals surface area (Å²) in [7, 11) is 1.36. The Balaban J connectivity index is 2.17. The van der Waals surface area contributed by atoms with Gasteiger partial charge < -0.3 is 10.1 Å². The van der Waals surface area contributed by atoms with E-state index >= 15 is 0 Å². The van der Waals surface area contributed by atoms with Gasteiger partial charge in [-0.2, -0.15) is 0 Å². The summed E-state index contributed by atoms with van der Waals surface area (Å²) >= 11 is 0. The number of hydrogen-bond donors (Lipinski definition) is 1. The minimum Gasteiger partial charge on any atom is -0.465 e. The van der Waals surface area contributed by atoms with Crippen molar-refractivity contribution in [3.63, 3.8) is 0 Å². The molecule has 2 rings (SSSR count). The lowest BCUT2D eigenvalue weighted by molar-refractivity contribution is 0.0599. The maximum absolute atomic E-state index is 13.0. The van der Waals surface area contributed by atoms with Crippen LogP contribution in [0.3, 0.4) is 0 Å². The summed E-state index contributed by atoms with van der Waals surface area (Å²) in [5.41, 5.74) is 3.02. The third kappa shape index (κ3) is 3.15. The van der Waals surface area contributed by atoms with Crippen LogP contribution in [0.4, 0.5) is 10.1 Å². The minimum atomic E-state index is -0.363. The van der Waals surface area contributed by atoms with Crippen LogP contribution in [0, 0.1) is 12.7 Å². The van der Waals surface area contributed by atoms with Crippen LogP contribution in [-0.2, 0) is 11.3 Å². The lowest BCUT2D eigenvalue weighted by Gasteiger charge is -2.12. The van der Waals surface area contributed by atoms with E-state index in [0.717, 1.165) is 16.8 Å². The zero-order valence-corrected chi connectivity index (χ0v) is 11.4. The highest BCUT2D eigenvalue weighted by molar-refractivity contribution is 5.91. The largest absolute Gasteiger partial charge is 0.465 e. The van der Waals surface area contributed by atoms with Gasteiger partial charge in [0.15, 0.2) is 0 Å². The Bertz CT molecular complexity index is 626. The third-order valence-corrected chi connectivity index (χ3v) is 3.08. The van der Waals surface area contributed by atoms with E-state index in [1.54, 1.807) is 18.2 Å². The van der Waals surface area contributed by atoms with Gasteiger partial charge in [-0.15, -0.1) is 0 Å². The molecule has 2 aromatic carbocycles. The maximum atomic E-state index is 13.0. The molecule has 20 heavy (non-hydrogen) atoms. The molecule has 0 aliphatic rings. The monoisotopic (exact) mass is 273 g/mol. The van der Waals surface area contributed by atoms with E-state index in [4.69, 9.17) is 4.74 Å². The fourth-order valence-electron chi connectivity index (χ4n) is 2.00. The summed E-state index contributed by atoms with van der Waals surface area (Å²) in [5.74, 6) is -0.624. The number of carbonyl (C=O) groups excluding carboxylic acids is 1. The number of nitrogens with one attached hydrogen (secondary N) is 1. The van der Waals surface area contributed by atoms with Crippen LogP contribution in [0.1, 0.15) is 21.5 Å². The van der Waals surface area contributed by atoms with Crippen LogP contribution < -0.4 is 5.32 Å². The van der Waals surface area contributed by atoms with Gasteiger partial charge in [-0.25, -0.2) is 9.18 Å². The summed E-state index contributed by atoms with van der Waals surface area (Å²) in [6.45, 7) is 2.30. The van der Waals surface area contributed by atoms with Gasteiger partial charge in [0.05, 0.1) is 12.7 Å². The number of ether oxygens (including phenoxy) is 1. The molecular weight excluding hydrogens is 257 g/mol. The molecule has 0 saturated carbocycles. The van der Waals surface area contributed by atoms with E-state index in [1.807, 2.05) is 19.1 Å². The average Bonchev–Trinajstić information content (AvgIpc) is 2.46. The first-order valence-electron chi connectivity index (χ1n) is 6.28. The Hall–Kier alpha value is -2.36. The first-order valence-corrected chi connectivity index (χ1v) is 6.28. The molecule has 0 atom stereocenters.